The summed E-state index contributed by atoms with van der Waals surface area (Å²) in [4.78, 5) is 2.12. The van der Waals surface area contributed by atoms with Gasteiger partial charge in [0.1, 0.15) is 5.82 Å². The van der Waals surface area contributed by atoms with Crippen LogP contribution in [0.1, 0.15) is 18.4 Å². The molecular weight excluding hydrogens is 205 g/mol. The third kappa shape index (κ3) is 3.03. The molecule has 1 fully saturated rings. The Morgan fingerprint density at radius 2 is 2.25 bits per heavy atom. The summed E-state index contributed by atoms with van der Waals surface area (Å²) < 4.78 is 19.0. The van der Waals surface area contributed by atoms with Crippen molar-refractivity contribution in [2.45, 2.75) is 25.5 Å². The second kappa shape index (κ2) is 5.41. The van der Waals surface area contributed by atoms with Crippen LogP contribution in [0.3, 0.4) is 0 Å². The Hall–Kier alpha value is -0.930. The number of ether oxygens (including phenoxy) is 1. The van der Waals surface area contributed by atoms with Crippen molar-refractivity contribution in [1.82, 2.24) is 4.90 Å². The summed E-state index contributed by atoms with van der Waals surface area (Å²) >= 11 is 0. The van der Waals surface area contributed by atoms with Gasteiger partial charge in [-0.25, -0.2) is 4.39 Å². The predicted molar refractivity (Wildman–Crippen MR) is 61.7 cm³/mol. The monoisotopic (exact) mass is 223 g/mol. The van der Waals surface area contributed by atoms with Crippen molar-refractivity contribution in [2.75, 3.05) is 20.2 Å². The zero-order chi connectivity index (χ0) is 11.4. The fraction of sp³-hybridized carbons (Fsp3) is 0.538. The van der Waals surface area contributed by atoms with Gasteiger partial charge >= 0.3 is 0 Å². The van der Waals surface area contributed by atoms with Crippen LogP contribution in [-0.2, 0) is 11.3 Å². The van der Waals surface area contributed by atoms with E-state index in [9.17, 15) is 4.39 Å². The summed E-state index contributed by atoms with van der Waals surface area (Å²) in [5.41, 5.74) is 0.753. The minimum absolute atomic E-state index is 0.123. The van der Waals surface area contributed by atoms with Crippen molar-refractivity contribution in [1.29, 1.82) is 0 Å². The average molecular weight is 223 g/mol. The number of halogens is 1. The molecule has 1 saturated heterocycles. The fourth-order valence-electron chi connectivity index (χ4n) is 2.12. The molecule has 0 spiro atoms. The van der Waals surface area contributed by atoms with Crippen LogP contribution in [0.5, 0.6) is 0 Å². The number of hydrogen-bond donors (Lipinski definition) is 0. The number of nitrogens with zero attached hydrogens (tertiary/aromatic N) is 1. The quantitative estimate of drug-likeness (QED) is 0.777. The molecule has 1 aromatic carbocycles. The van der Waals surface area contributed by atoms with Crippen molar-refractivity contribution >= 4 is 0 Å². The van der Waals surface area contributed by atoms with Gasteiger partial charge in [0.2, 0.25) is 0 Å². The zero-order valence-corrected chi connectivity index (χ0v) is 9.66. The lowest BCUT2D eigenvalue weighted by Crippen LogP contribution is -2.28. The molecule has 16 heavy (non-hydrogen) atoms. The van der Waals surface area contributed by atoms with Gasteiger partial charge in [0.25, 0.3) is 0 Å². The highest BCUT2D eigenvalue weighted by molar-refractivity contribution is 5.16. The maximum atomic E-state index is 13.4. The summed E-state index contributed by atoms with van der Waals surface area (Å²) in [6.45, 7) is 2.40. The molecular formula is C13H18FNO. The summed E-state index contributed by atoms with van der Waals surface area (Å²) in [5.74, 6) is -0.123. The van der Waals surface area contributed by atoms with Gasteiger partial charge in [-0.2, -0.15) is 0 Å². The molecule has 0 aromatic heterocycles. The first-order valence-corrected chi connectivity index (χ1v) is 5.79. The van der Waals surface area contributed by atoms with E-state index in [1.54, 1.807) is 6.07 Å². The molecule has 2 nitrogen and oxygen atoms in total. The van der Waals surface area contributed by atoms with Crippen LogP contribution in [0.4, 0.5) is 4.39 Å². The molecule has 0 N–H and O–H groups in total. The topological polar surface area (TPSA) is 12.5 Å². The Morgan fingerprint density at radius 1 is 1.44 bits per heavy atom. The molecule has 2 rings (SSSR count). The molecule has 3 heteroatoms. The van der Waals surface area contributed by atoms with Crippen LogP contribution in [0, 0.1) is 5.82 Å². The minimum Gasteiger partial charge on any atom is -0.377 e. The highest BCUT2D eigenvalue weighted by Gasteiger charge is 2.17. The van der Waals surface area contributed by atoms with Gasteiger partial charge < -0.3 is 4.74 Å². The third-order valence-corrected chi connectivity index (χ3v) is 2.94. The van der Waals surface area contributed by atoms with Crippen LogP contribution < -0.4 is 0 Å². The van der Waals surface area contributed by atoms with E-state index in [0.717, 1.165) is 31.6 Å². The third-order valence-electron chi connectivity index (χ3n) is 2.94. The fourth-order valence-corrected chi connectivity index (χ4v) is 2.12. The number of benzene rings is 1. The highest BCUT2D eigenvalue weighted by Crippen LogP contribution is 2.15. The molecule has 0 radical (unpaired) electrons. The van der Waals surface area contributed by atoms with Crippen LogP contribution in [0.15, 0.2) is 24.3 Å². The lowest BCUT2D eigenvalue weighted by atomic mass is 10.2. The Bertz CT molecular complexity index is 336. The van der Waals surface area contributed by atoms with Crippen molar-refractivity contribution < 1.29 is 9.13 Å². The SMILES string of the molecule is CN(Cc1ccccc1F)CC1CCCO1. The van der Waals surface area contributed by atoms with Gasteiger partial charge in [-0.15, -0.1) is 0 Å². The molecule has 0 bridgehead atoms. The zero-order valence-electron chi connectivity index (χ0n) is 9.66. The van der Waals surface area contributed by atoms with Gasteiger partial charge in [0.15, 0.2) is 0 Å². The van der Waals surface area contributed by atoms with Gasteiger partial charge in [0, 0.05) is 25.3 Å². The summed E-state index contributed by atoms with van der Waals surface area (Å²) in [6, 6.07) is 6.94. The van der Waals surface area contributed by atoms with E-state index in [2.05, 4.69) is 4.90 Å². The van der Waals surface area contributed by atoms with Crippen LogP contribution >= 0.6 is 0 Å². The molecule has 88 valence electrons. The minimum atomic E-state index is -0.123. The summed E-state index contributed by atoms with van der Waals surface area (Å²) in [5, 5.41) is 0. The maximum absolute atomic E-state index is 13.4. The number of hydrogen-bond acceptors (Lipinski definition) is 2. The van der Waals surface area contributed by atoms with Gasteiger partial charge in [-0.3, -0.25) is 4.90 Å². The first-order chi connectivity index (χ1) is 7.75. The molecule has 1 aliphatic heterocycles. The Labute approximate surface area is 96.0 Å². The molecule has 0 amide bonds. The van der Waals surface area contributed by atoms with Gasteiger partial charge in [-0.05, 0) is 26.0 Å². The smallest absolute Gasteiger partial charge is 0.127 e. The Morgan fingerprint density at radius 3 is 2.94 bits per heavy atom. The van der Waals surface area contributed by atoms with Crippen molar-refractivity contribution in [3.8, 4) is 0 Å². The molecule has 1 aromatic rings. The van der Waals surface area contributed by atoms with Crippen LogP contribution in [0.2, 0.25) is 0 Å². The highest BCUT2D eigenvalue weighted by atomic mass is 19.1. The van der Waals surface area contributed by atoms with Crippen LogP contribution in [-0.4, -0.2) is 31.2 Å². The van der Waals surface area contributed by atoms with E-state index < -0.39 is 0 Å². The first-order valence-electron chi connectivity index (χ1n) is 5.79. The van der Waals surface area contributed by atoms with E-state index >= 15 is 0 Å². The van der Waals surface area contributed by atoms with E-state index in [0.29, 0.717) is 12.6 Å². The maximum Gasteiger partial charge on any atom is 0.127 e. The summed E-state index contributed by atoms with van der Waals surface area (Å²) in [7, 11) is 2.01. The second-order valence-corrected chi connectivity index (χ2v) is 4.42. The Kier molecular flexibility index (Phi) is 3.91. The second-order valence-electron chi connectivity index (χ2n) is 4.42. The van der Waals surface area contributed by atoms with Gasteiger partial charge in [-0.1, -0.05) is 18.2 Å². The van der Waals surface area contributed by atoms with E-state index in [1.165, 1.54) is 6.07 Å². The van der Waals surface area contributed by atoms with E-state index in [-0.39, 0.29) is 5.82 Å². The average Bonchev–Trinajstić information content (AvgIpc) is 2.74. The normalized spacial score (nSPS) is 20.6. The van der Waals surface area contributed by atoms with Crippen molar-refractivity contribution in [2.24, 2.45) is 0 Å². The Balaban J connectivity index is 1.86. The van der Waals surface area contributed by atoms with Crippen molar-refractivity contribution in [3.63, 3.8) is 0 Å². The lowest BCUT2D eigenvalue weighted by molar-refractivity contribution is 0.0790. The molecule has 0 saturated carbocycles. The van der Waals surface area contributed by atoms with E-state index in [1.807, 2.05) is 19.2 Å². The standard InChI is InChI=1S/C13H18FNO/c1-15(10-12-6-4-8-16-12)9-11-5-2-3-7-13(11)14/h2-3,5,7,12H,4,6,8-10H2,1H3. The molecule has 1 unspecified atom stereocenters. The van der Waals surface area contributed by atoms with Crippen molar-refractivity contribution in [3.05, 3.63) is 35.6 Å². The lowest BCUT2D eigenvalue weighted by Gasteiger charge is -2.20. The van der Waals surface area contributed by atoms with Crippen LogP contribution in [0.25, 0.3) is 0 Å². The number of likely N-dealkylation sites (N-methyl/N-ethyl adjacent to an activating group) is 1. The van der Waals surface area contributed by atoms with E-state index in [4.69, 9.17) is 4.74 Å². The molecule has 0 aliphatic carbocycles. The molecule has 1 aliphatic rings. The molecule has 1 heterocycles. The number of rotatable bonds is 4. The summed E-state index contributed by atoms with van der Waals surface area (Å²) in [6.07, 6.45) is 2.61. The predicted octanol–water partition coefficient (Wildman–Crippen LogP) is 2.44. The largest absolute Gasteiger partial charge is 0.377 e. The molecule has 1 atom stereocenters. The van der Waals surface area contributed by atoms with Gasteiger partial charge in [0.05, 0.1) is 6.10 Å². The first kappa shape index (κ1) is 11.6.